The summed E-state index contributed by atoms with van der Waals surface area (Å²) in [5.74, 6) is 0.474. The molecule has 1 aromatic carbocycles. The minimum absolute atomic E-state index is 0.149. The Morgan fingerprint density at radius 1 is 1.31 bits per heavy atom. The van der Waals surface area contributed by atoms with Crippen LogP contribution in [0.5, 0.6) is 5.75 Å². The van der Waals surface area contributed by atoms with Crippen LogP contribution in [0.1, 0.15) is 11.3 Å². The van der Waals surface area contributed by atoms with E-state index in [1.54, 1.807) is 24.3 Å². The van der Waals surface area contributed by atoms with Crippen molar-refractivity contribution in [3.63, 3.8) is 0 Å². The Balaban J connectivity index is 1.94. The monoisotopic (exact) mass is 370 g/mol. The van der Waals surface area contributed by atoms with Crippen LogP contribution in [-0.4, -0.2) is 16.7 Å². The van der Waals surface area contributed by atoms with Crippen molar-refractivity contribution in [3.8, 4) is 11.8 Å². The molecule has 0 fully saturated rings. The summed E-state index contributed by atoms with van der Waals surface area (Å²) in [5.41, 5.74) is 1.000. The minimum atomic E-state index is -0.339. The van der Waals surface area contributed by atoms with E-state index in [1.165, 1.54) is 24.8 Å². The fourth-order valence-corrected chi connectivity index (χ4v) is 2.86. The van der Waals surface area contributed by atoms with Crippen LogP contribution in [0.4, 0.5) is 5.69 Å². The maximum Gasteiger partial charge on any atom is 0.274 e. The first-order valence-corrected chi connectivity index (χ1v) is 8.06. The topological polar surface area (TPSA) is 99.9 Å². The molecule has 0 spiro atoms. The Morgan fingerprint density at radius 3 is 2.77 bits per heavy atom. The van der Waals surface area contributed by atoms with Gasteiger partial charge in [-0.25, -0.2) is 0 Å². The summed E-state index contributed by atoms with van der Waals surface area (Å²) in [6.07, 6.45) is 0. The van der Waals surface area contributed by atoms with Crippen LogP contribution in [0.15, 0.2) is 39.9 Å². The number of pyridine rings is 2. The number of aromatic nitrogens is 2. The highest BCUT2D eigenvalue weighted by Gasteiger charge is 2.09. The Morgan fingerprint density at radius 2 is 2.08 bits per heavy atom. The number of aromatic amines is 1. The van der Waals surface area contributed by atoms with Crippen molar-refractivity contribution in [3.05, 3.63) is 67.3 Å². The molecule has 0 saturated heterocycles. The zero-order valence-electron chi connectivity index (χ0n) is 14.1. The lowest BCUT2D eigenvalue weighted by atomic mass is 10.1. The lowest BCUT2D eigenvalue weighted by Gasteiger charge is -2.10. The fraction of sp³-hybridized carbons (Fsp3) is 0.167. The maximum atomic E-state index is 12.3. The first-order chi connectivity index (χ1) is 12.4. The number of ether oxygens (including phenoxy) is 1. The second-order valence-electron chi connectivity index (χ2n) is 5.66. The van der Waals surface area contributed by atoms with Gasteiger partial charge in [0.05, 0.1) is 17.6 Å². The molecule has 0 aliphatic carbocycles. The number of hydrogen-bond acceptors (Lipinski definition) is 5. The largest absolute Gasteiger partial charge is 0.495 e. The van der Waals surface area contributed by atoms with Gasteiger partial charge in [0.15, 0.2) is 0 Å². The molecule has 0 saturated carbocycles. The van der Waals surface area contributed by atoms with E-state index >= 15 is 0 Å². The summed E-state index contributed by atoms with van der Waals surface area (Å²) in [4.78, 5) is 27.3. The van der Waals surface area contributed by atoms with Gasteiger partial charge < -0.3 is 19.6 Å². The molecule has 3 aromatic rings. The third kappa shape index (κ3) is 3.15. The van der Waals surface area contributed by atoms with Crippen molar-refractivity contribution < 1.29 is 4.74 Å². The number of benzene rings is 1. The van der Waals surface area contributed by atoms with Crippen molar-refractivity contribution in [2.24, 2.45) is 7.05 Å². The number of nitrogens with zero attached hydrogens (tertiary/aromatic N) is 2. The number of anilines is 1. The highest BCUT2D eigenvalue weighted by atomic mass is 35.5. The average molecular weight is 371 g/mol. The molecular weight excluding hydrogens is 356 g/mol. The smallest absolute Gasteiger partial charge is 0.274 e. The first-order valence-electron chi connectivity index (χ1n) is 7.68. The number of fused-ring (bicyclic) bond motifs is 1. The number of nitrogens with one attached hydrogen (secondary N) is 2. The second kappa shape index (κ2) is 6.94. The number of methoxy groups -OCH3 is 1. The fourth-order valence-electron chi connectivity index (χ4n) is 2.61. The van der Waals surface area contributed by atoms with Crippen LogP contribution in [0.3, 0.4) is 0 Å². The van der Waals surface area contributed by atoms with Gasteiger partial charge in [0.1, 0.15) is 23.2 Å². The van der Waals surface area contributed by atoms with Crippen molar-refractivity contribution >= 4 is 28.2 Å². The molecular formula is C18H15ClN4O3. The Kier molecular flexibility index (Phi) is 4.69. The van der Waals surface area contributed by atoms with Crippen molar-refractivity contribution in [2.45, 2.75) is 6.54 Å². The molecule has 0 unspecified atom stereocenters. The highest BCUT2D eigenvalue weighted by Crippen LogP contribution is 2.28. The minimum Gasteiger partial charge on any atom is -0.495 e. The van der Waals surface area contributed by atoms with Gasteiger partial charge in [-0.15, -0.1) is 0 Å². The molecule has 26 heavy (non-hydrogen) atoms. The predicted octanol–water partition coefficient (Wildman–Crippen LogP) is 2.37. The molecule has 2 aromatic heterocycles. The third-order valence-electron chi connectivity index (χ3n) is 4.08. The van der Waals surface area contributed by atoms with E-state index in [4.69, 9.17) is 21.6 Å². The standard InChI is InChI=1S/C18H15ClN4O3/c1-23-12(8-20)3-4-14(18(23)25)21-9-11-5-10-6-13(19)16(26-2)7-15(10)22-17(11)24/h3-7,21H,9H2,1-2H3,(H,22,24). The zero-order chi connectivity index (χ0) is 18.8. The van der Waals surface area contributed by atoms with Gasteiger partial charge in [0.2, 0.25) is 0 Å². The molecule has 0 radical (unpaired) electrons. The van der Waals surface area contributed by atoms with Gasteiger partial charge in [0, 0.05) is 30.6 Å². The van der Waals surface area contributed by atoms with Gasteiger partial charge in [0.25, 0.3) is 11.1 Å². The van der Waals surface area contributed by atoms with Gasteiger partial charge in [-0.2, -0.15) is 5.26 Å². The Hall–Kier alpha value is -3.24. The van der Waals surface area contributed by atoms with E-state index in [0.29, 0.717) is 27.5 Å². The van der Waals surface area contributed by atoms with Gasteiger partial charge in [-0.05, 0) is 24.3 Å². The predicted molar refractivity (Wildman–Crippen MR) is 99.9 cm³/mol. The van der Waals surface area contributed by atoms with Crippen LogP contribution in [0.25, 0.3) is 10.9 Å². The Bertz CT molecular complexity index is 1160. The normalized spacial score (nSPS) is 10.5. The van der Waals surface area contributed by atoms with Crippen molar-refractivity contribution in [1.29, 1.82) is 5.26 Å². The molecule has 0 amide bonds. The Labute approximate surface area is 153 Å². The quantitative estimate of drug-likeness (QED) is 0.734. The molecule has 132 valence electrons. The SMILES string of the molecule is COc1cc2[nH]c(=O)c(CNc3ccc(C#N)n(C)c3=O)cc2cc1Cl. The zero-order valence-corrected chi connectivity index (χ0v) is 14.8. The summed E-state index contributed by atoms with van der Waals surface area (Å²) in [5, 5.41) is 13.1. The lowest BCUT2D eigenvalue weighted by Crippen LogP contribution is -2.24. The van der Waals surface area contributed by atoms with Crippen LogP contribution in [0.2, 0.25) is 5.02 Å². The second-order valence-corrected chi connectivity index (χ2v) is 6.07. The summed E-state index contributed by atoms with van der Waals surface area (Å²) < 4.78 is 6.39. The van der Waals surface area contributed by atoms with Crippen LogP contribution < -0.4 is 21.2 Å². The lowest BCUT2D eigenvalue weighted by molar-refractivity contribution is 0.415. The molecule has 0 aliphatic rings. The van der Waals surface area contributed by atoms with Crippen LogP contribution in [0, 0.1) is 11.3 Å². The number of H-pyrrole nitrogens is 1. The summed E-state index contributed by atoms with van der Waals surface area (Å²) in [7, 11) is 3.02. The molecule has 3 rings (SSSR count). The number of rotatable bonds is 4. The van der Waals surface area contributed by atoms with E-state index in [-0.39, 0.29) is 23.4 Å². The highest BCUT2D eigenvalue weighted by molar-refractivity contribution is 6.32. The molecule has 0 atom stereocenters. The van der Waals surface area contributed by atoms with Gasteiger partial charge in [-0.3, -0.25) is 9.59 Å². The van der Waals surface area contributed by atoms with Gasteiger partial charge >= 0.3 is 0 Å². The van der Waals surface area contributed by atoms with Crippen LogP contribution >= 0.6 is 11.6 Å². The number of halogens is 1. The molecule has 7 nitrogen and oxygen atoms in total. The number of nitriles is 1. The molecule has 0 bridgehead atoms. The summed E-state index contributed by atoms with van der Waals surface area (Å²) in [6, 6.07) is 10.1. The third-order valence-corrected chi connectivity index (χ3v) is 4.38. The van der Waals surface area contributed by atoms with E-state index < -0.39 is 0 Å². The van der Waals surface area contributed by atoms with E-state index in [0.717, 1.165) is 5.39 Å². The number of hydrogen-bond donors (Lipinski definition) is 2. The summed E-state index contributed by atoms with van der Waals surface area (Å²) >= 11 is 6.13. The molecule has 0 aliphatic heterocycles. The maximum absolute atomic E-state index is 12.3. The van der Waals surface area contributed by atoms with E-state index in [1.807, 2.05) is 6.07 Å². The van der Waals surface area contributed by atoms with E-state index in [2.05, 4.69) is 10.3 Å². The van der Waals surface area contributed by atoms with E-state index in [9.17, 15) is 9.59 Å². The molecule has 8 heteroatoms. The van der Waals surface area contributed by atoms with Crippen molar-refractivity contribution in [2.75, 3.05) is 12.4 Å². The van der Waals surface area contributed by atoms with Gasteiger partial charge in [-0.1, -0.05) is 11.6 Å². The average Bonchev–Trinajstić information content (AvgIpc) is 2.63. The van der Waals surface area contributed by atoms with Crippen molar-refractivity contribution in [1.82, 2.24) is 9.55 Å². The first kappa shape index (κ1) is 17.6. The molecule has 2 heterocycles. The summed E-state index contributed by atoms with van der Waals surface area (Å²) in [6.45, 7) is 0.149. The molecule has 2 N–H and O–H groups in total. The van der Waals surface area contributed by atoms with Crippen LogP contribution in [-0.2, 0) is 13.6 Å².